The molecule has 31 heavy (non-hydrogen) atoms. The van der Waals surface area contributed by atoms with Gasteiger partial charge in [-0.3, -0.25) is 14.7 Å². The molecule has 1 atom stereocenters. The molecule has 4 rings (SSSR count). The molecule has 1 amide bonds. The average Bonchev–Trinajstić information content (AvgIpc) is 3.36. The molecule has 1 saturated heterocycles. The van der Waals surface area contributed by atoms with Crippen LogP contribution in [-0.4, -0.2) is 40.5 Å². The summed E-state index contributed by atoms with van der Waals surface area (Å²) in [5.74, 6) is 0.810. The second kappa shape index (κ2) is 9.16. The van der Waals surface area contributed by atoms with Gasteiger partial charge in [0.2, 0.25) is 5.91 Å². The second-order valence-electron chi connectivity index (χ2n) is 8.03. The van der Waals surface area contributed by atoms with Gasteiger partial charge in [0.05, 0.1) is 17.2 Å². The molecule has 0 saturated carbocycles. The number of rotatable bonds is 5. The molecule has 0 bridgehead atoms. The third-order valence-corrected chi connectivity index (χ3v) is 6.84. The maximum absolute atomic E-state index is 11.2. The van der Waals surface area contributed by atoms with Crippen LogP contribution in [0.25, 0.3) is 5.57 Å². The van der Waals surface area contributed by atoms with E-state index in [2.05, 4.69) is 52.4 Å². The molecule has 1 N–H and O–H groups in total. The SMILES string of the molecule is C=C1CCN([C@H](C)c2cnc3c(c2)OCC3)CC/C1=C/C(=C)c1cnc(NC(C)=O)s1. The Morgan fingerprint density at radius 2 is 2.10 bits per heavy atom. The first-order valence-corrected chi connectivity index (χ1v) is 11.4. The zero-order valence-electron chi connectivity index (χ0n) is 18.1. The van der Waals surface area contributed by atoms with E-state index in [1.54, 1.807) is 6.20 Å². The van der Waals surface area contributed by atoms with Crippen molar-refractivity contribution in [1.29, 1.82) is 0 Å². The van der Waals surface area contributed by atoms with Crippen molar-refractivity contribution >= 4 is 27.9 Å². The summed E-state index contributed by atoms with van der Waals surface area (Å²) in [4.78, 5) is 23.5. The fraction of sp³-hybridized carbons (Fsp3) is 0.375. The molecule has 0 radical (unpaired) electrons. The summed E-state index contributed by atoms with van der Waals surface area (Å²) in [5, 5.41) is 3.31. The van der Waals surface area contributed by atoms with Crippen LogP contribution in [0.15, 0.2) is 48.8 Å². The van der Waals surface area contributed by atoms with Crippen molar-refractivity contribution in [2.45, 2.75) is 39.2 Å². The van der Waals surface area contributed by atoms with Crippen molar-refractivity contribution in [3.8, 4) is 5.75 Å². The fourth-order valence-corrected chi connectivity index (χ4v) is 4.77. The van der Waals surface area contributed by atoms with Crippen LogP contribution in [0.5, 0.6) is 5.75 Å². The molecular formula is C24H28N4O2S. The van der Waals surface area contributed by atoms with Crippen molar-refractivity contribution < 1.29 is 9.53 Å². The average molecular weight is 437 g/mol. The number of carbonyl (C=O) groups excluding carboxylic acids is 1. The van der Waals surface area contributed by atoms with Crippen molar-refractivity contribution in [1.82, 2.24) is 14.9 Å². The lowest BCUT2D eigenvalue weighted by Gasteiger charge is -2.27. The van der Waals surface area contributed by atoms with Gasteiger partial charge < -0.3 is 10.1 Å². The van der Waals surface area contributed by atoms with Crippen LogP contribution in [0.3, 0.4) is 0 Å². The molecule has 2 aliphatic heterocycles. The van der Waals surface area contributed by atoms with Gasteiger partial charge >= 0.3 is 0 Å². The molecule has 1 fully saturated rings. The van der Waals surface area contributed by atoms with Crippen LogP contribution in [0, 0.1) is 0 Å². The number of amides is 1. The Kier molecular flexibility index (Phi) is 6.34. The van der Waals surface area contributed by atoms with Crippen LogP contribution >= 0.6 is 11.3 Å². The van der Waals surface area contributed by atoms with Gasteiger partial charge in [-0.1, -0.05) is 36.1 Å². The number of thiazole rings is 1. The minimum atomic E-state index is -0.124. The highest BCUT2D eigenvalue weighted by molar-refractivity contribution is 7.16. The van der Waals surface area contributed by atoms with Gasteiger partial charge in [-0.05, 0) is 42.5 Å². The lowest BCUT2D eigenvalue weighted by molar-refractivity contribution is -0.114. The predicted molar refractivity (Wildman–Crippen MR) is 125 cm³/mol. The number of hydrogen-bond acceptors (Lipinski definition) is 6. The number of nitrogens with one attached hydrogen (secondary N) is 1. The van der Waals surface area contributed by atoms with E-state index in [9.17, 15) is 4.79 Å². The van der Waals surface area contributed by atoms with Crippen LogP contribution in [0.1, 0.15) is 48.9 Å². The lowest BCUT2D eigenvalue weighted by Crippen LogP contribution is -2.28. The summed E-state index contributed by atoms with van der Waals surface area (Å²) in [7, 11) is 0. The highest BCUT2D eigenvalue weighted by Crippen LogP contribution is 2.33. The molecule has 4 heterocycles. The number of allylic oxidation sites excluding steroid dienone is 2. The van der Waals surface area contributed by atoms with E-state index in [1.807, 2.05) is 6.20 Å². The van der Waals surface area contributed by atoms with E-state index in [4.69, 9.17) is 4.74 Å². The van der Waals surface area contributed by atoms with Gasteiger partial charge in [0, 0.05) is 44.9 Å². The summed E-state index contributed by atoms with van der Waals surface area (Å²) in [6.07, 6.45) is 8.59. The molecule has 2 aromatic heterocycles. The number of pyridine rings is 1. The Morgan fingerprint density at radius 3 is 2.90 bits per heavy atom. The predicted octanol–water partition coefficient (Wildman–Crippen LogP) is 4.78. The Morgan fingerprint density at radius 1 is 1.29 bits per heavy atom. The first-order valence-electron chi connectivity index (χ1n) is 10.6. The van der Waals surface area contributed by atoms with Crippen LogP contribution in [0.4, 0.5) is 5.13 Å². The number of carbonyl (C=O) groups is 1. The third-order valence-electron chi connectivity index (χ3n) is 5.86. The standard InChI is InChI=1S/C24H28N4O2S/c1-15-5-8-28(17(3)20-12-22-21(25-13-20)7-10-30-22)9-6-19(15)11-16(2)23-14-26-24(31-23)27-18(4)29/h11-14,17H,1-2,5-10H2,3-4H3,(H,26,27,29)/b19-11-/t17-/m1/s1. The molecule has 0 aliphatic carbocycles. The first kappa shape index (κ1) is 21.5. The monoisotopic (exact) mass is 436 g/mol. The largest absolute Gasteiger partial charge is 0.491 e. The van der Waals surface area contributed by atoms with Crippen LogP contribution in [-0.2, 0) is 11.2 Å². The van der Waals surface area contributed by atoms with Crippen molar-refractivity contribution in [3.05, 3.63) is 65.0 Å². The highest BCUT2D eigenvalue weighted by Gasteiger charge is 2.23. The molecule has 2 aromatic rings. The molecule has 0 spiro atoms. The topological polar surface area (TPSA) is 67.3 Å². The molecule has 0 aromatic carbocycles. The van der Waals surface area contributed by atoms with E-state index in [0.29, 0.717) is 5.13 Å². The molecule has 0 unspecified atom stereocenters. The Bertz CT molecular complexity index is 1060. The normalized spacial score (nSPS) is 18.9. The maximum Gasteiger partial charge on any atom is 0.223 e. The fourth-order valence-electron chi connectivity index (χ4n) is 3.96. The molecule has 2 aliphatic rings. The molecule has 7 heteroatoms. The summed E-state index contributed by atoms with van der Waals surface area (Å²) in [5.41, 5.74) is 5.53. The van der Waals surface area contributed by atoms with E-state index >= 15 is 0 Å². The van der Waals surface area contributed by atoms with Gasteiger partial charge in [-0.2, -0.15) is 0 Å². The lowest BCUT2D eigenvalue weighted by atomic mass is 10.0. The summed E-state index contributed by atoms with van der Waals surface area (Å²) in [6, 6.07) is 2.41. The first-order chi connectivity index (χ1) is 14.9. The highest BCUT2D eigenvalue weighted by atomic mass is 32.1. The molecule has 6 nitrogen and oxygen atoms in total. The summed E-state index contributed by atoms with van der Waals surface area (Å²) < 4.78 is 5.70. The number of anilines is 1. The summed E-state index contributed by atoms with van der Waals surface area (Å²) in [6.45, 7) is 14.9. The number of ether oxygens (including phenoxy) is 1. The van der Waals surface area contributed by atoms with Crippen molar-refractivity contribution in [2.75, 3.05) is 25.0 Å². The minimum Gasteiger partial charge on any atom is -0.491 e. The van der Waals surface area contributed by atoms with E-state index in [1.165, 1.54) is 29.4 Å². The Balaban J connectivity index is 1.44. The Hall–Kier alpha value is -2.77. The number of fused-ring (bicyclic) bond motifs is 1. The smallest absolute Gasteiger partial charge is 0.223 e. The Labute approximate surface area is 187 Å². The molecular weight excluding hydrogens is 408 g/mol. The quantitative estimate of drug-likeness (QED) is 0.730. The minimum absolute atomic E-state index is 0.124. The van der Waals surface area contributed by atoms with E-state index in [0.717, 1.165) is 66.4 Å². The van der Waals surface area contributed by atoms with Crippen LogP contribution in [0.2, 0.25) is 0 Å². The van der Waals surface area contributed by atoms with Gasteiger partial charge in [0.25, 0.3) is 0 Å². The third kappa shape index (κ3) is 4.94. The van der Waals surface area contributed by atoms with E-state index in [-0.39, 0.29) is 11.9 Å². The second-order valence-corrected chi connectivity index (χ2v) is 9.06. The van der Waals surface area contributed by atoms with Gasteiger partial charge in [0.1, 0.15) is 5.75 Å². The maximum atomic E-state index is 11.2. The number of aromatic nitrogens is 2. The van der Waals surface area contributed by atoms with Crippen molar-refractivity contribution in [2.24, 2.45) is 0 Å². The zero-order valence-corrected chi connectivity index (χ0v) is 18.9. The van der Waals surface area contributed by atoms with Gasteiger partial charge in [-0.25, -0.2) is 4.98 Å². The number of hydrogen-bond donors (Lipinski definition) is 1. The van der Waals surface area contributed by atoms with E-state index < -0.39 is 0 Å². The number of likely N-dealkylation sites (tertiary alicyclic amines) is 1. The number of nitrogens with zero attached hydrogens (tertiary/aromatic N) is 3. The van der Waals surface area contributed by atoms with Gasteiger partial charge in [-0.15, -0.1) is 0 Å². The van der Waals surface area contributed by atoms with Crippen LogP contribution < -0.4 is 10.1 Å². The van der Waals surface area contributed by atoms with Crippen molar-refractivity contribution in [3.63, 3.8) is 0 Å². The molecule has 162 valence electrons. The summed E-state index contributed by atoms with van der Waals surface area (Å²) >= 11 is 1.43. The van der Waals surface area contributed by atoms with Gasteiger partial charge in [0.15, 0.2) is 5.13 Å². The zero-order chi connectivity index (χ0) is 22.0.